The summed E-state index contributed by atoms with van der Waals surface area (Å²) in [7, 11) is 2.04. The van der Waals surface area contributed by atoms with Crippen molar-refractivity contribution < 1.29 is 0 Å². The molecule has 16 heavy (non-hydrogen) atoms. The van der Waals surface area contributed by atoms with Crippen molar-refractivity contribution in [3.05, 3.63) is 34.3 Å². The summed E-state index contributed by atoms with van der Waals surface area (Å²) < 4.78 is 0. The molecule has 2 aliphatic carbocycles. The molecule has 0 heterocycles. The number of hydrogen-bond donors (Lipinski definition) is 1. The molecule has 1 unspecified atom stereocenters. The Morgan fingerprint density at radius 1 is 1.44 bits per heavy atom. The largest absolute Gasteiger partial charge is 0.319 e. The summed E-state index contributed by atoms with van der Waals surface area (Å²) in [6.45, 7) is 1.08. The van der Waals surface area contributed by atoms with E-state index in [2.05, 4.69) is 23.5 Å². The topological polar surface area (TPSA) is 12.0 Å². The van der Waals surface area contributed by atoms with Crippen molar-refractivity contribution in [2.75, 3.05) is 13.6 Å². The van der Waals surface area contributed by atoms with Gasteiger partial charge in [0.05, 0.1) is 0 Å². The van der Waals surface area contributed by atoms with Crippen molar-refractivity contribution in [1.82, 2.24) is 5.32 Å². The van der Waals surface area contributed by atoms with Crippen LogP contribution in [0.3, 0.4) is 0 Å². The molecule has 0 saturated heterocycles. The van der Waals surface area contributed by atoms with Crippen molar-refractivity contribution in [1.29, 1.82) is 0 Å². The first-order valence-electron chi connectivity index (χ1n) is 6.20. The summed E-state index contributed by atoms with van der Waals surface area (Å²) in [6, 6.07) is 6.51. The van der Waals surface area contributed by atoms with Crippen LogP contribution in [0.15, 0.2) is 18.2 Å². The number of hydrogen-bond acceptors (Lipinski definition) is 1. The van der Waals surface area contributed by atoms with Crippen LogP contribution in [-0.2, 0) is 5.41 Å². The molecule has 1 N–H and O–H groups in total. The van der Waals surface area contributed by atoms with Crippen LogP contribution < -0.4 is 5.32 Å². The molecule has 2 aliphatic rings. The lowest BCUT2D eigenvalue weighted by molar-refractivity contribution is 0.232. The maximum Gasteiger partial charge on any atom is 0.0409 e. The predicted molar refractivity (Wildman–Crippen MR) is 68.3 cm³/mol. The number of benzene rings is 1. The van der Waals surface area contributed by atoms with Crippen molar-refractivity contribution in [2.24, 2.45) is 0 Å². The third kappa shape index (κ3) is 1.42. The Balaban J connectivity index is 2.03. The van der Waals surface area contributed by atoms with E-state index in [1.54, 1.807) is 5.56 Å². The van der Waals surface area contributed by atoms with Gasteiger partial charge in [-0.25, -0.2) is 0 Å². The number of halogens is 1. The normalized spacial score (nSPS) is 25.5. The van der Waals surface area contributed by atoms with Crippen molar-refractivity contribution in [2.45, 2.75) is 37.0 Å². The van der Waals surface area contributed by atoms with Crippen LogP contribution in [-0.4, -0.2) is 13.6 Å². The molecule has 1 aromatic carbocycles. The predicted octanol–water partition coefficient (Wildman–Crippen LogP) is 3.47. The van der Waals surface area contributed by atoms with Crippen LogP contribution in [0.2, 0.25) is 5.02 Å². The summed E-state index contributed by atoms with van der Waals surface area (Å²) >= 11 is 6.12. The van der Waals surface area contributed by atoms with E-state index in [9.17, 15) is 0 Å². The van der Waals surface area contributed by atoms with Crippen molar-refractivity contribution in [3.8, 4) is 0 Å². The standard InChI is InChI=1S/C14H18ClN/c1-16-9-10-8-14(5-2-6-14)13-4-3-11(15)7-12(10)13/h3-4,7,10,16H,2,5-6,8-9H2,1H3. The van der Waals surface area contributed by atoms with E-state index in [1.165, 1.54) is 31.2 Å². The van der Waals surface area contributed by atoms with Gasteiger partial charge in [0.2, 0.25) is 0 Å². The van der Waals surface area contributed by atoms with Gasteiger partial charge >= 0.3 is 0 Å². The minimum atomic E-state index is 0.515. The minimum Gasteiger partial charge on any atom is -0.319 e. The molecule has 0 aromatic heterocycles. The summed E-state index contributed by atoms with van der Waals surface area (Å²) in [5.41, 5.74) is 3.60. The SMILES string of the molecule is CNCC1CC2(CCC2)c2ccc(Cl)cc21. The molecule has 86 valence electrons. The van der Waals surface area contributed by atoms with Crippen LogP contribution in [0.4, 0.5) is 0 Å². The highest BCUT2D eigenvalue weighted by molar-refractivity contribution is 6.30. The fourth-order valence-electron chi connectivity index (χ4n) is 3.55. The average molecular weight is 236 g/mol. The second kappa shape index (κ2) is 3.75. The molecule has 1 aromatic rings. The summed E-state index contributed by atoms with van der Waals surface area (Å²) in [5, 5.41) is 4.20. The minimum absolute atomic E-state index is 0.515. The van der Waals surface area contributed by atoms with E-state index in [0.29, 0.717) is 11.3 Å². The van der Waals surface area contributed by atoms with Gasteiger partial charge in [0, 0.05) is 11.6 Å². The molecule has 0 bridgehead atoms. The van der Waals surface area contributed by atoms with Crippen LogP contribution in [0.1, 0.15) is 42.7 Å². The highest BCUT2D eigenvalue weighted by Gasteiger charge is 2.47. The fraction of sp³-hybridized carbons (Fsp3) is 0.571. The molecular weight excluding hydrogens is 218 g/mol. The van der Waals surface area contributed by atoms with Gasteiger partial charge in [0.25, 0.3) is 0 Å². The Bertz CT molecular complexity index is 409. The lowest BCUT2D eigenvalue weighted by Gasteiger charge is -2.39. The van der Waals surface area contributed by atoms with E-state index in [1.807, 2.05) is 7.05 Å². The van der Waals surface area contributed by atoms with Crippen LogP contribution in [0.5, 0.6) is 0 Å². The zero-order valence-corrected chi connectivity index (χ0v) is 10.5. The van der Waals surface area contributed by atoms with Gasteiger partial charge in [-0.3, -0.25) is 0 Å². The lowest BCUT2D eigenvalue weighted by Crippen LogP contribution is -2.32. The summed E-state index contributed by atoms with van der Waals surface area (Å²) in [4.78, 5) is 0. The molecular formula is C14H18ClN. The molecule has 0 amide bonds. The fourth-order valence-corrected chi connectivity index (χ4v) is 3.73. The quantitative estimate of drug-likeness (QED) is 0.828. The molecule has 0 aliphatic heterocycles. The first-order chi connectivity index (χ1) is 7.75. The molecule has 1 atom stereocenters. The summed E-state index contributed by atoms with van der Waals surface area (Å²) in [5.74, 6) is 0.666. The Kier molecular flexibility index (Phi) is 2.49. The van der Waals surface area contributed by atoms with E-state index < -0.39 is 0 Å². The lowest BCUT2D eigenvalue weighted by atomic mass is 9.65. The first kappa shape index (κ1) is 10.6. The zero-order valence-electron chi connectivity index (χ0n) is 9.72. The molecule has 1 spiro atoms. The van der Waals surface area contributed by atoms with Gasteiger partial charge in [0.15, 0.2) is 0 Å². The monoisotopic (exact) mass is 235 g/mol. The van der Waals surface area contributed by atoms with Gasteiger partial charge in [-0.1, -0.05) is 24.1 Å². The molecule has 3 rings (SSSR count). The van der Waals surface area contributed by atoms with Crippen molar-refractivity contribution in [3.63, 3.8) is 0 Å². The molecule has 0 radical (unpaired) electrons. The van der Waals surface area contributed by atoms with Gasteiger partial charge < -0.3 is 5.32 Å². The van der Waals surface area contributed by atoms with E-state index >= 15 is 0 Å². The number of likely N-dealkylation sites (N-methyl/N-ethyl adjacent to an activating group) is 1. The number of nitrogens with one attached hydrogen (secondary N) is 1. The number of fused-ring (bicyclic) bond motifs is 2. The zero-order chi connectivity index (χ0) is 11.2. The maximum atomic E-state index is 6.12. The van der Waals surface area contributed by atoms with Crippen LogP contribution >= 0.6 is 11.6 Å². The van der Waals surface area contributed by atoms with E-state index in [0.717, 1.165) is 11.6 Å². The Hall–Kier alpha value is -0.530. The molecule has 2 heteroatoms. The third-order valence-corrected chi connectivity index (χ3v) is 4.66. The average Bonchev–Trinajstić information content (AvgIpc) is 2.53. The van der Waals surface area contributed by atoms with Gasteiger partial charge in [0.1, 0.15) is 0 Å². The Morgan fingerprint density at radius 3 is 2.88 bits per heavy atom. The van der Waals surface area contributed by atoms with E-state index in [4.69, 9.17) is 11.6 Å². The molecule has 1 fully saturated rings. The summed E-state index contributed by atoms with van der Waals surface area (Å²) in [6.07, 6.45) is 5.47. The highest BCUT2D eigenvalue weighted by atomic mass is 35.5. The Labute approximate surface area is 102 Å². The second-order valence-electron chi connectivity index (χ2n) is 5.32. The molecule has 1 saturated carbocycles. The van der Waals surface area contributed by atoms with Gasteiger partial charge in [-0.2, -0.15) is 0 Å². The molecule has 1 nitrogen and oxygen atoms in total. The van der Waals surface area contributed by atoms with Gasteiger partial charge in [-0.05, 0) is 60.9 Å². The maximum absolute atomic E-state index is 6.12. The second-order valence-corrected chi connectivity index (χ2v) is 5.76. The highest BCUT2D eigenvalue weighted by Crippen LogP contribution is 2.56. The smallest absolute Gasteiger partial charge is 0.0409 e. The third-order valence-electron chi connectivity index (χ3n) is 4.42. The van der Waals surface area contributed by atoms with E-state index in [-0.39, 0.29) is 0 Å². The Morgan fingerprint density at radius 2 is 2.25 bits per heavy atom. The van der Waals surface area contributed by atoms with Crippen molar-refractivity contribution >= 4 is 11.6 Å². The van der Waals surface area contributed by atoms with Crippen LogP contribution in [0.25, 0.3) is 0 Å². The van der Waals surface area contributed by atoms with Crippen LogP contribution in [0, 0.1) is 0 Å². The first-order valence-corrected chi connectivity index (χ1v) is 6.57. The number of rotatable bonds is 2. The van der Waals surface area contributed by atoms with Gasteiger partial charge in [-0.15, -0.1) is 0 Å².